The molecule has 1 amide bonds. The van der Waals surface area contributed by atoms with Gasteiger partial charge in [0, 0.05) is 20.1 Å². The van der Waals surface area contributed by atoms with E-state index in [9.17, 15) is 9.59 Å². The molecule has 0 aromatic rings. The first kappa shape index (κ1) is 13.9. The summed E-state index contributed by atoms with van der Waals surface area (Å²) >= 11 is 0. The number of methoxy groups -OCH3 is 1. The van der Waals surface area contributed by atoms with Gasteiger partial charge in [-0.25, -0.2) is 4.79 Å². The quantitative estimate of drug-likeness (QED) is 0.582. The van der Waals surface area contributed by atoms with Crippen LogP contribution in [0, 0.1) is 0 Å². The predicted octanol–water partition coefficient (Wildman–Crippen LogP) is -0.103. The van der Waals surface area contributed by atoms with E-state index in [1.54, 1.807) is 7.11 Å². The summed E-state index contributed by atoms with van der Waals surface area (Å²) in [6, 6.07) is -1.03. The normalized spacial score (nSPS) is 19.2. The lowest BCUT2D eigenvalue weighted by Crippen LogP contribution is -2.48. The first-order chi connectivity index (χ1) is 8.03. The van der Waals surface area contributed by atoms with Gasteiger partial charge < -0.3 is 20.3 Å². The number of carboxylic acid groups (broad SMARTS) is 1. The van der Waals surface area contributed by atoms with Gasteiger partial charge >= 0.3 is 5.97 Å². The molecule has 1 aliphatic rings. The van der Waals surface area contributed by atoms with Crippen molar-refractivity contribution in [3.05, 3.63) is 0 Å². The van der Waals surface area contributed by atoms with Crippen molar-refractivity contribution < 1.29 is 24.5 Å². The molecule has 1 aliphatic carbocycles. The summed E-state index contributed by atoms with van der Waals surface area (Å²) in [6.45, 7) is -0.271. The number of ether oxygens (including phenoxy) is 1. The molecule has 0 bridgehead atoms. The first-order valence-electron chi connectivity index (χ1n) is 5.71. The molecular weight excluding hydrogens is 226 g/mol. The molecule has 0 heterocycles. The summed E-state index contributed by atoms with van der Waals surface area (Å²) in [4.78, 5) is 22.5. The van der Waals surface area contributed by atoms with Crippen molar-refractivity contribution in [2.45, 2.75) is 43.7 Å². The van der Waals surface area contributed by atoms with Crippen LogP contribution in [0.25, 0.3) is 0 Å². The van der Waals surface area contributed by atoms with Gasteiger partial charge in [-0.05, 0) is 19.3 Å². The van der Waals surface area contributed by atoms with Crippen LogP contribution in [0.3, 0.4) is 0 Å². The third-order valence-electron chi connectivity index (χ3n) is 3.23. The van der Waals surface area contributed by atoms with Crippen molar-refractivity contribution in [2.75, 3.05) is 13.7 Å². The molecule has 6 heteroatoms. The van der Waals surface area contributed by atoms with Crippen LogP contribution in [0.2, 0.25) is 0 Å². The van der Waals surface area contributed by atoms with Crippen LogP contribution >= 0.6 is 0 Å². The van der Waals surface area contributed by atoms with Crippen LogP contribution in [-0.4, -0.2) is 47.4 Å². The van der Waals surface area contributed by atoms with Gasteiger partial charge in [-0.1, -0.05) is 0 Å². The van der Waals surface area contributed by atoms with E-state index in [2.05, 4.69) is 5.32 Å². The van der Waals surface area contributed by atoms with Gasteiger partial charge in [0.1, 0.15) is 6.04 Å². The Balaban J connectivity index is 2.44. The second-order valence-corrected chi connectivity index (χ2v) is 4.39. The number of rotatable bonds is 7. The first-order valence-corrected chi connectivity index (χ1v) is 5.71. The van der Waals surface area contributed by atoms with Crippen molar-refractivity contribution >= 4 is 11.9 Å². The number of amides is 1. The van der Waals surface area contributed by atoms with Gasteiger partial charge in [-0.3, -0.25) is 4.79 Å². The number of carboxylic acids is 1. The smallest absolute Gasteiger partial charge is 0.326 e. The molecule has 0 radical (unpaired) electrons. The van der Waals surface area contributed by atoms with Crippen molar-refractivity contribution in [3.63, 3.8) is 0 Å². The Hall–Kier alpha value is -1.14. The van der Waals surface area contributed by atoms with Crippen LogP contribution in [0.1, 0.15) is 32.1 Å². The van der Waals surface area contributed by atoms with Crippen molar-refractivity contribution in [3.8, 4) is 0 Å². The van der Waals surface area contributed by atoms with Gasteiger partial charge in [-0.2, -0.15) is 0 Å². The molecule has 17 heavy (non-hydrogen) atoms. The fraction of sp³-hybridized carbons (Fsp3) is 0.818. The monoisotopic (exact) mass is 245 g/mol. The zero-order valence-corrected chi connectivity index (χ0v) is 9.94. The lowest BCUT2D eigenvalue weighted by atomic mass is 9.77. The highest BCUT2D eigenvalue weighted by molar-refractivity contribution is 5.84. The molecule has 0 aromatic carbocycles. The van der Waals surface area contributed by atoms with E-state index in [0.717, 1.165) is 19.3 Å². The molecule has 1 rings (SSSR count). The molecule has 0 aliphatic heterocycles. The van der Waals surface area contributed by atoms with Crippen molar-refractivity contribution in [1.29, 1.82) is 0 Å². The maximum absolute atomic E-state index is 11.7. The zero-order chi connectivity index (χ0) is 12.9. The number of aliphatic hydroxyl groups is 1. The van der Waals surface area contributed by atoms with Gasteiger partial charge in [0.15, 0.2) is 0 Å². The van der Waals surface area contributed by atoms with E-state index < -0.39 is 17.6 Å². The SMILES string of the molecule is COC1(CC(=O)N[C@@H](CCO)C(=O)O)CCC1. The number of hydrogen-bond acceptors (Lipinski definition) is 4. The van der Waals surface area contributed by atoms with Gasteiger partial charge in [0.25, 0.3) is 0 Å². The molecular formula is C11H19NO5. The van der Waals surface area contributed by atoms with Gasteiger partial charge in [0.05, 0.1) is 12.0 Å². The van der Waals surface area contributed by atoms with E-state index in [4.69, 9.17) is 14.9 Å². The van der Waals surface area contributed by atoms with E-state index in [1.807, 2.05) is 0 Å². The molecule has 98 valence electrons. The Labute approximate surface area is 100.0 Å². The minimum absolute atomic E-state index is 0.0149. The van der Waals surface area contributed by atoms with Crippen LogP contribution in [0.5, 0.6) is 0 Å². The van der Waals surface area contributed by atoms with E-state index in [1.165, 1.54) is 0 Å². The minimum atomic E-state index is -1.13. The van der Waals surface area contributed by atoms with Crippen LogP contribution < -0.4 is 5.32 Å². The highest BCUT2D eigenvalue weighted by atomic mass is 16.5. The average molecular weight is 245 g/mol. The Morgan fingerprint density at radius 3 is 2.47 bits per heavy atom. The molecule has 0 saturated heterocycles. The van der Waals surface area contributed by atoms with Gasteiger partial charge in [-0.15, -0.1) is 0 Å². The van der Waals surface area contributed by atoms with Crippen molar-refractivity contribution in [2.24, 2.45) is 0 Å². The third-order valence-corrected chi connectivity index (χ3v) is 3.23. The number of nitrogens with one attached hydrogen (secondary N) is 1. The Bertz CT molecular complexity index is 282. The second kappa shape index (κ2) is 5.97. The molecule has 1 fully saturated rings. The highest BCUT2D eigenvalue weighted by Crippen LogP contribution is 2.37. The summed E-state index contributed by atoms with van der Waals surface area (Å²) in [5.41, 5.74) is -0.410. The maximum Gasteiger partial charge on any atom is 0.326 e. The van der Waals surface area contributed by atoms with Crippen LogP contribution in [0.4, 0.5) is 0 Å². The minimum Gasteiger partial charge on any atom is -0.480 e. The standard InChI is InChI=1S/C11H19NO5/c1-17-11(4-2-5-11)7-9(14)12-8(3-6-13)10(15)16/h8,13H,2-7H2,1H3,(H,12,14)(H,15,16)/t8-/m0/s1. The lowest BCUT2D eigenvalue weighted by molar-refractivity contribution is -0.145. The van der Waals surface area contributed by atoms with Crippen LogP contribution in [-0.2, 0) is 14.3 Å². The lowest BCUT2D eigenvalue weighted by Gasteiger charge is -2.40. The molecule has 3 N–H and O–H groups in total. The Morgan fingerprint density at radius 1 is 1.47 bits per heavy atom. The molecule has 1 atom stereocenters. The van der Waals surface area contributed by atoms with E-state index in [0.29, 0.717) is 0 Å². The fourth-order valence-corrected chi connectivity index (χ4v) is 1.95. The van der Waals surface area contributed by atoms with E-state index in [-0.39, 0.29) is 25.4 Å². The van der Waals surface area contributed by atoms with Gasteiger partial charge in [0.2, 0.25) is 5.91 Å². The average Bonchev–Trinajstić information content (AvgIpc) is 2.22. The summed E-state index contributed by atoms with van der Waals surface area (Å²) < 4.78 is 5.29. The van der Waals surface area contributed by atoms with Crippen LogP contribution in [0.15, 0.2) is 0 Å². The Morgan fingerprint density at radius 2 is 2.12 bits per heavy atom. The number of hydrogen-bond donors (Lipinski definition) is 3. The molecule has 0 aromatic heterocycles. The largest absolute Gasteiger partial charge is 0.480 e. The summed E-state index contributed by atoms with van der Waals surface area (Å²) in [5, 5.41) is 19.9. The number of aliphatic carboxylic acids is 1. The number of carbonyl (C=O) groups is 2. The predicted molar refractivity (Wildman–Crippen MR) is 59.5 cm³/mol. The maximum atomic E-state index is 11.7. The summed E-state index contributed by atoms with van der Waals surface area (Å²) in [5.74, 6) is -1.47. The molecule has 0 unspecified atom stereocenters. The molecule has 1 saturated carbocycles. The van der Waals surface area contributed by atoms with E-state index >= 15 is 0 Å². The topological polar surface area (TPSA) is 95.9 Å². The fourth-order valence-electron chi connectivity index (χ4n) is 1.95. The Kier molecular flexibility index (Phi) is 4.89. The number of carbonyl (C=O) groups excluding carboxylic acids is 1. The zero-order valence-electron chi connectivity index (χ0n) is 9.94. The van der Waals surface area contributed by atoms with Crippen molar-refractivity contribution in [1.82, 2.24) is 5.32 Å². The summed E-state index contributed by atoms with van der Waals surface area (Å²) in [6.07, 6.45) is 2.88. The third kappa shape index (κ3) is 3.67. The number of aliphatic hydroxyl groups excluding tert-OH is 1. The second-order valence-electron chi connectivity index (χ2n) is 4.39. The highest BCUT2D eigenvalue weighted by Gasteiger charge is 2.39. The molecule has 0 spiro atoms. The summed E-state index contributed by atoms with van der Waals surface area (Å²) in [7, 11) is 1.56. The molecule has 6 nitrogen and oxygen atoms in total.